The molecule has 0 heterocycles. The zero-order valence-electron chi connectivity index (χ0n) is 12.4. The Morgan fingerprint density at radius 1 is 1.42 bits per heavy atom. The van der Waals surface area contributed by atoms with E-state index in [2.05, 4.69) is 23.2 Å². The second kappa shape index (κ2) is 5.74. The molecular weight excluding hydrogens is 236 g/mol. The van der Waals surface area contributed by atoms with Crippen molar-refractivity contribution >= 4 is 11.6 Å². The van der Waals surface area contributed by atoms with Gasteiger partial charge < -0.3 is 5.32 Å². The van der Waals surface area contributed by atoms with Gasteiger partial charge >= 0.3 is 0 Å². The number of rotatable bonds is 5. The Labute approximate surface area is 116 Å². The number of carbonyl (C=O) groups is 1. The second-order valence-corrected chi connectivity index (χ2v) is 5.86. The lowest BCUT2D eigenvalue weighted by atomic mass is 10.1. The van der Waals surface area contributed by atoms with Crippen LogP contribution in [0.1, 0.15) is 30.9 Å². The fraction of sp³-hybridized carbons (Fsp3) is 0.562. The molecule has 0 radical (unpaired) electrons. The van der Waals surface area contributed by atoms with Crippen molar-refractivity contribution in [1.29, 1.82) is 0 Å². The molecule has 3 heteroatoms. The van der Waals surface area contributed by atoms with Gasteiger partial charge in [0, 0.05) is 11.7 Å². The molecule has 104 valence electrons. The summed E-state index contributed by atoms with van der Waals surface area (Å²) in [6.07, 6.45) is 2.62. The molecule has 1 amide bonds. The van der Waals surface area contributed by atoms with E-state index in [-0.39, 0.29) is 5.91 Å². The molecule has 19 heavy (non-hydrogen) atoms. The molecule has 1 unspecified atom stereocenters. The Bertz CT molecular complexity index is 466. The van der Waals surface area contributed by atoms with Crippen molar-refractivity contribution in [1.82, 2.24) is 4.90 Å². The van der Waals surface area contributed by atoms with Gasteiger partial charge in [-0.1, -0.05) is 12.1 Å². The molecule has 2 rings (SSSR count). The molecule has 0 saturated heterocycles. The number of nitrogens with zero attached hydrogens (tertiary/aromatic N) is 1. The van der Waals surface area contributed by atoms with Crippen LogP contribution in [0.5, 0.6) is 0 Å². The van der Waals surface area contributed by atoms with Gasteiger partial charge in [0.15, 0.2) is 0 Å². The molecule has 1 fully saturated rings. The maximum atomic E-state index is 12.1. The fourth-order valence-corrected chi connectivity index (χ4v) is 2.37. The van der Waals surface area contributed by atoms with E-state index in [0.29, 0.717) is 12.6 Å². The third kappa shape index (κ3) is 3.80. The number of aryl methyl sites for hydroxylation is 2. The summed E-state index contributed by atoms with van der Waals surface area (Å²) < 4.78 is 0. The summed E-state index contributed by atoms with van der Waals surface area (Å²) >= 11 is 0. The molecule has 3 nitrogen and oxygen atoms in total. The Hall–Kier alpha value is -1.35. The number of likely N-dealkylation sites (N-methyl/N-ethyl adjacent to an activating group) is 1. The van der Waals surface area contributed by atoms with Crippen molar-refractivity contribution in [3.8, 4) is 0 Å². The first kappa shape index (κ1) is 14.1. The second-order valence-electron chi connectivity index (χ2n) is 5.86. The van der Waals surface area contributed by atoms with Crippen molar-refractivity contribution in [3.05, 3.63) is 29.3 Å². The van der Waals surface area contributed by atoms with Gasteiger partial charge in [-0.3, -0.25) is 9.69 Å². The van der Waals surface area contributed by atoms with E-state index in [0.717, 1.165) is 17.2 Å². The predicted molar refractivity (Wildman–Crippen MR) is 79.4 cm³/mol. The lowest BCUT2D eigenvalue weighted by Gasteiger charge is -2.24. The van der Waals surface area contributed by atoms with Gasteiger partial charge in [0.05, 0.1) is 6.54 Å². The average Bonchev–Trinajstić information content (AvgIpc) is 3.16. The molecule has 1 saturated carbocycles. The van der Waals surface area contributed by atoms with Crippen molar-refractivity contribution in [3.63, 3.8) is 0 Å². The van der Waals surface area contributed by atoms with E-state index < -0.39 is 0 Å². The van der Waals surface area contributed by atoms with Crippen molar-refractivity contribution in [2.75, 3.05) is 18.9 Å². The highest BCUT2D eigenvalue weighted by molar-refractivity contribution is 5.93. The average molecular weight is 260 g/mol. The third-order valence-corrected chi connectivity index (χ3v) is 4.06. The molecule has 1 N–H and O–H groups in total. The number of carbonyl (C=O) groups excluding carboxylic acids is 1. The standard InChI is InChI=1S/C16H24N2O/c1-11-5-6-12(2)15(9-11)17-16(19)10-18(4)13(3)14-7-8-14/h5-6,9,13-14H,7-8,10H2,1-4H3,(H,17,19). The first-order valence-corrected chi connectivity index (χ1v) is 7.04. The van der Waals surface area contributed by atoms with Crippen LogP contribution in [0.15, 0.2) is 18.2 Å². The SMILES string of the molecule is Cc1ccc(C)c(NC(=O)CN(C)C(C)C2CC2)c1. The highest BCUT2D eigenvalue weighted by Crippen LogP contribution is 2.34. The van der Waals surface area contributed by atoms with Crippen LogP contribution in [0.4, 0.5) is 5.69 Å². The van der Waals surface area contributed by atoms with Crippen molar-refractivity contribution in [2.24, 2.45) is 5.92 Å². The highest BCUT2D eigenvalue weighted by Gasteiger charge is 2.30. The topological polar surface area (TPSA) is 32.3 Å². The van der Waals surface area contributed by atoms with Crippen LogP contribution in [0, 0.1) is 19.8 Å². The fourth-order valence-electron chi connectivity index (χ4n) is 2.37. The maximum absolute atomic E-state index is 12.1. The molecule has 1 aliphatic carbocycles. The molecule has 1 aromatic rings. The normalized spacial score (nSPS) is 16.5. The summed E-state index contributed by atoms with van der Waals surface area (Å²) in [6, 6.07) is 6.63. The van der Waals surface area contributed by atoms with E-state index in [4.69, 9.17) is 0 Å². The van der Waals surface area contributed by atoms with Crippen molar-refractivity contribution in [2.45, 2.75) is 39.7 Å². The Kier molecular flexibility index (Phi) is 4.25. The van der Waals surface area contributed by atoms with Crippen LogP contribution in [0.2, 0.25) is 0 Å². The minimum absolute atomic E-state index is 0.0729. The summed E-state index contributed by atoms with van der Waals surface area (Å²) in [4.78, 5) is 14.2. The maximum Gasteiger partial charge on any atom is 0.238 e. The van der Waals surface area contributed by atoms with Gasteiger partial charge in [0.25, 0.3) is 0 Å². The molecule has 0 aliphatic heterocycles. The predicted octanol–water partition coefficient (Wildman–Crippen LogP) is 2.97. The largest absolute Gasteiger partial charge is 0.325 e. The number of anilines is 1. The highest BCUT2D eigenvalue weighted by atomic mass is 16.2. The molecule has 0 aromatic heterocycles. The molecule has 1 aromatic carbocycles. The number of hydrogen-bond donors (Lipinski definition) is 1. The lowest BCUT2D eigenvalue weighted by molar-refractivity contribution is -0.117. The minimum Gasteiger partial charge on any atom is -0.325 e. The molecule has 1 atom stereocenters. The molecule has 1 aliphatic rings. The van der Waals surface area contributed by atoms with Crippen LogP contribution < -0.4 is 5.32 Å². The van der Waals surface area contributed by atoms with Crippen LogP contribution >= 0.6 is 0 Å². The third-order valence-electron chi connectivity index (χ3n) is 4.06. The smallest absolute Gasteiger partial charge is 0.238 e. The summed E-state index contributed by atoms with van der Waals surface area (Å²) in [5.41, 5.74) is 3.20. The van der Waals surface area contributed by atoms with E-state index in [1.165, 1.54) is 18.4 Å². The van der Waals surface area contributed by atoms with E-state index in [1.54, 1.807) is 0 Å². The van der Waals surface area contributed by atoms with E-state index in [1.807, 2.05) is 33.0 Å². The van der Waals surface area contributed by atoms with Gasteiger partial charge in [-0.05, 0) is 63.8 Å². The lowest BCUT2D eigenvalue weighted by Crippen LogP contribution is -2.37. The van der Waals surface area contributed by atoms with Crippen molar-refractivity contribution < 1.29 is 4.79 Å². The van der Waals surface area contributed by atoms with Gasteiger partial charge in [-0.25, -0.2) is 0 Å². The van der Waals surface area contributed by atoms with E-state index >= 15 is 0 Å². The zero-order chi connectivity index (χ0) is 14.0. The Balaban J connectivity index is 1.91. The van der Waals surface area contributed by atoms with Gasteiger partial charge in [0.1, 0.15) is 0 Å². The zero-order valence-corrected chi connectivity index (χ0v) is 12.4. The summed E-state index contributed by atoms with van der Waals surface area (Å²) in [5.74, 6) is 0.863. The minimum atomic E-state index is 0.0729. The van der Waals surface area contributed by atoms with Crippen LogP contribution in [-0.4, -0.2) is 30.4 Å². The molecule has 0 spiro atoms. The molecular formula is C16H24N2O. The van der Waals surface area contributed by atoms with Crippen LogP contribution in [0.3, 0.4) is 0 Å². The van der Waals surface area contributed by atoms with Crippen LogP contribution in [-0.2, 0) is 4.79 Å². The van der Waals surface area contributed by atoms with Crippen LogP contribution in [0.25, 0.3) is 0 Å². The number of benzene rings is 1. The summed E-state index contributed by atoms with van der Waals surface area (Å²) in [6.45, 7) is 6.73. The van der Waals surface area contributed by atoms with Gasteiger partial charge in [0.2, 0.25) is 5.91 Å². The number of amides is 1. The van der Waals surface area contributed by atoms with E-state index in [9.17, 15) is 4.79 Å². The van der Waals surface area contributed by atoms with Gasteiger partial charge in [-0.2, -0.15) is 0 Å². The Morgan fingerprint density at radius 2 is 2.11 bits per heavy atom. The number of nitrogens with one attached hydrogen (secondary N) is 1. The first-order valence-electron chi connectivity index (χ1n) is 7.04. The summed E-state index contributed by atoms with van der Waals surface area (Å²) in [5, 5.41) is 3.02. The summed E-state index contributed by atoms with van der Waals surface area (Å²) in [7, 11) is 2.03. The molecule has 0 bridgehead atoms. The monoisotopic (exact) mass is 260 g/mol. The quantitative estimate of drug-likeness (QED) is 0.882. The van der Waals surface area contributed by atoms with Gasteiger partial charge in [-0.15, -0.1) is 0 Å². The number of hydrogen-bond acceptors (Lipinski definition) is 2. The first-order chi connectivity index (χ1) is 8.97. The Morgan fingerprint density at radius 3 is 2.74 bits per heavy atom.